The Morgan fingerprint density at radius 1 is 1.53 bits per heavy atom. The molecule has 6 heteroatoms. The third kappa shape index (κ3) is 5.52. The van der Waals surface area contributed by atoms with Gasteiger partial charge in [0.1, 0.15) is 5.75 Å². The SMILES string of the molecule is C[C@H](O)CNC(=O)COc1ccc(Br)cc1Br. The maximum Gasteiger partial charge on any atom is 0.258 e. The molecule has 94 valence electrons. The third-order valence-electron chi connectivity index (χ3n) is 1.85. The number of rotatable bonds is 5. The van der Waals surface area contributed by atoms with Crippen LogP contribution in [0.15, 0.2) is 27.1 Å². The molecule has 0 aliphatic rings. The van der Waals surface area contributed by atoms with Gasteiger partial charge in [0.05, 0.1) is 10.6 Å². The smallest absolute Gasteiger partial charge is 0.258 e. The van der Waals surface area contributed by atoms with Gasteiger partial charge in [0.15, 0.2) is 6.61 Å². The standard InChI is InChI=1S/C11H13Br2NO3/c1-7(15)5-14-11(16)6-17-10-3-2-8(12)4-9(10)13/h2-4,7,15H,5-6H2,1H3,(H,14,16)/t7-/m0/s1. The average Bonchev–Trinajstić information content (AvgIpc) is 2.25. The molecule has 0 saturated heterocycles. The van der Waals surface area contributed by atoms with Gasteiger partial charge in [0.25, 0.3) is 5.91 Å². The van der Waals surface area contributed by atoms with Gasteiger partial charge in [-0.3, -0.25) is 4.79 Å². The maximum absolute atomic E-state index is 11.3. The number of hydrogen-bond acceptors (Lipinski definition) is 3. The Hall–Kier alpha value is -0.590. The summed E-state index contributed by atoms with van der Waals surface area (Å²) in [6, 6.07) is 5.42. The number of halogens is 2. The third-order valence-corrected chi connectivity index (χ3v) is 2.96. The molecule has 0 spiro atoms. The monoisotopic (exact) mass is 365 g/mol. The molecule has 0 bridgehead atoms. The van der Waals surface area contributed by atoms with E-state index in [0.717, 1.165) is 8.95 Å². The molecule has 1 aromatic carbocycles. The molecule has 0 radical (unpaired) electrons. The van der Waals surface area contributed by atoms with Gasteiger partial charge >= 0.3 is 0 Å². The van der Waals surface area contributed by atoms with Crippen molar-refractivity contribution in [1.82, 2.24) is 5.32 Å². The van der Waals surface area contributed by atoms with Crippen molar-refractivity contribution in [2.24, 2.45) is 0 Å². The van der Waals surface area contributed by atoms with E-state index in [1.165, 1.54) is 0 Å². The summed E-state index contributed by atoms with van der Waals surface area (Å²) in [4.78, 5) is 11.3. The highest BCUT2D eigenvalue weighted by Crippen LogP contribution is 2.27. The van der Waals surface area contributed by atoms with Crippen LogP contribution in [-0.4, -0.2) is 30.3 Å². The van der Waals surface area contributed by atoms with Crippen LogP contribution in [0.5, 0.6) is 5.75 Å². The van der Waals surface area contributed by atoms with Gasteiger partial charge < -0.3 is 15.2 Å². The number of carbonyl (C=O) groups is 1. The van der Waals surface area contributed by atoms with E-state index in [2.05, 4.69) is 37.2 Å². The van der Waals surface area contributed by atoms with Crippen LogP contribution in [0.3, 0.4) is 0 Å². The molecule has 0 heterocycles. The van der Waals surface area contributed by atoms with Gasteiger partial charge in [-0.05, 0) is 41.1 Å². The van der Waals surface area contributed by atoms with Crippen LogP contribution in [0, 0.1) is 0 Å². The Morgan fingerprint density at radius 2 is 2.24 bits per heavy atom. The van der Waals surface area contributed by atoms with E-state index in [9.17, 15) is 4.79 Å². The van der Waals surface area contributed by atoms with E-state index in [-0.39, 0.29) is 19.1 Å². The molecule has 0 unspecified atom stereocenters. The summed E-state index contributed by atoms with van der Waals surface area (Å²) in [5.41, 5.74) is 0. The van der Waals surface area contributed by atoms with Gasteiger partial charge in [-0.1, -0.05) is 15.9 Å². The predicted molar refractivity (Wildman–Crippen MR) is 72.0 cm³/mol. The van der Waals surface area contributed by atoms with Crippen molar-refractivity contribution in [1.29, 1.82) is 0 Å². The van der Waals surface area contributed by atoms with Crippen molar-refractivity contribution < 1.29 is 14.6 Å². The van der Waals surface area contributed by atoms with Crippen LogP contribution in [-0.2, 0) is 4.79 Å². The minimum absolute atomic E-state index is 0.0764. The van der Waals surface area contributed by atoms with Gasteiger partial charge in [-0.25, -0.2) is 0 Å². The number of ether oxygens (including phenoxy) is 1. The van der Waals surface area contributed by atoms with Crippen molar-refractivity contribution in [3.8, 4) is 5.75 Å². The second-order valence-electron chi connectivity index (χ2n) is 3.52. The summed E-state index contributed by atoms with van der Waals surface area (Å²) in [7, 11) is 0. The zero-order valence-electron chi connectivity index (χ0n) is 9.24. The zero-order valence-corrected chi connectivity index (χ0v) is 12.4. The fraction of sp³-hybridized carbons (Fsp3) is 0.364. The molecule has 0 aliphatic heterocycles. The Balaban J connectivity index is 2.42. The molecule has 1 atom stereocenters. The first kappa shape index (κ1) is 14.5. The summed E-state index contributed by atoms with van der Waals surface area (Å²) in [6.45, 7) is 1.75. The van der Waals surface area contributed by atoms with Crippen LogP contribution >= 0.6 is 31.9 Å². The Labute approximate surface area is 117 Å². The fourth-order valence-electron chi connectivity index (χ4n) is 1.05. The molecule has 1 aromatic rings. The van der Waals surface area contributed by atoms with Crippen LogP contribution < -0.4 is 10.1 Å². The number of aliphatic hydroxyl groups is 1. The van der Waals surface area contributed by atoms with Crippen molar-refractivity contribution in [3.05, 3.63) is 27.1 Å². The van der Waals surface area contributed by atoms with Crippen LogP contribution in [0.4, 0.5) is 0 Å². The lowest BCUT2D eigenvalue weighted by atomic mass is 10.3. The van der Waals surface area contributed by atoms with E-state index in [0.29, 0.717) is 5.75 Å². The number of benzene rings is 1. The first-order valence-electron chi connectivity index (χ1n) is 5.01. The predicted octanol–water partition coefficient (Wildman–Crippen LogP) is 2.09. The second kappa shape index (κ2) is 6.98. The molecular formula is C11H13Br2NO3. The summed E-state index contributed by atoms with van der Waals surface area (Å²) in [5, 5.41) is 11.5. The largest absolute Gasteiger partial charge is 0.483 e. The summed E-state index contributed by atoms with van der Waals surface area (Å²) in [6.07, 6.45) is -0.557. The highest BCUT2D eigenvalue weighted by molar-refractivity contribution is 9.11. The van der Waals surface area contributed by atoms with E-state index in [1.807, 2.05) is 12.1 Å². The maximum atomic E-state index is 11.3. The lowest BCUT2D eigenvalue weighted by Crippen LogP contribution is -2.34. The number of aliphatic hydroxyl groups excluding tert-OH is 1. The molecule has 0 saturated carbocycles. The van der Waals surface area contributed by atoms with E-state index < -0.39 is 6.10 Å². The van der Waals surface area contributed by atoms with Crippen LogP contribution in [0.1, 0.15) is 6.92 Å². The molecule has 0 aromatic heterocycles. The average molecular weight is 367 g/mol. The molecule has 2 N–H and O–H groups in total. The minimum atomic E-state index is -0.557. The van der Waals surface area contributed by atoms with Crippen molar-refractivity contribution in [2.45, 2.75) is 13.0 Å². The molecule has 1 amide bonds. The first-order chi connectivity index (χ1) is 7.99. The number of carbonyl (C=O) groups excluding carboxylic acids is 1. The van der Waals surface area contributed by atoms with Gasteiger partial charge in [-0.2, -0.15) is 0 Å². The zero-order chi connectivity index (χ0) is 12.8. The number of hydrogen-bond donors (Lipinski definition) is 2. The van der Waals surface area contributed by atoms with E-state index in [1.54, 1.807) is 13.0 Å². The van der Waals surface area contributed by atoms with Crippen molar-refractivity contribution in [2.75, 3.05) is 13.2 Å². The number of nitrogens with one attached hydrogen (secondary N) is 1. The summed E-state index contributed by atoms with van der Waals surface area (Å²) in [5.74, 6) is 0.334. The Bertz CT molecular complexity index is 396. The van der Waals surface area contributed by atoms with Crippen LogP contribution in [0.2, 0.25) is 0 Å². The topological polar surface area (TPSA) is 58.6 Å². The first-order valence-corrected chi connectivity index (χ1v) is 6.60. The molecule has 4 nitrogen and oxygen atoms in total. The normalized spacial score (nSPS) is 12.0. The molecular weight excluding hydrogens is 354 g/mol. The quantitative estimate of drug-likeness (QED) is 0.838. The summed E-state index contributed by atoms with van der Waals surface area (Å²) < 4.78 is 7.02. The molecule has 0 aliphatic carbocycles. The summed E-state index contributed by atoms with van der Waals surface area (Å²) >= 11 is 6.66. The van der Waals surface area contributed by atoms with Gasteiger partial charge in [0.2, 0.25) is 0 Å². The fourth-order valence-corrected chi connectivity index (χ4v) is 2.21. The van der Waals surface area contributed by atoms with E-state index >= 15 is 0 Å². The Kier molecular flexibility index (Phi) is 5.94. The number of amides is 1. The lowest BCUT2D eigenvalue weighted by Gasteiger charge is -2.10. The van der Waals surface area contributed by atoms with Gasteiger partial charge in [-0.15, -0.1) is 0 Å². The molecule has 0 fully saturated rings. The highest BCUT2D eigenvalue weighted by atomic mass is 79.9. The minimum Gasteiger partial charge on any atom is -0.483 e. The highest BCUT2D eigenvalue weighted by Gasteiger charge is 2.06. The second-order valence-corrected chi connectivity index (χ2v) is 5.29. The lowest BCUT2D eigenvalue weighted by molar-refractivity contribution is -0.123. The van der Waals surface area contributed by atoms with Crippen LogP contribution in [0.25, 0.3) is 0 Å². The van der Waals surface area contributed by atoms with E-state index in [4.69, 9.17) is 9.84 Å². The molecule has 17 heavy (non-hydrogen) atoms. The Morgan fingerprint density at radius 3 is 2.82 bits per heavy atom. The van der Waals surface area contributed by atoms with Crippen molar-refractivity contribution >= 4 is 37.8 Å². The molecule has 1 rings (SSSR count). The van der Waals surface area contributed by atoms with Gasteiger partial charge in [0, 0.05) is 11.0 Å². The van der Waals surface area contributed by atoms with Crippen molar-refractivity contribution in [3.63, 3.8) is 0 Å².